The molecule has 0 bridgehead atoms. The number of hydrogen-bond donors (Lipinski definition) is 2. The second-order valence-corrected chi connectivity index (χ2v) is 9.11. The second-order valence-electron chi connectivity index (χ2n) is 5.89. The maximum Gasteiger partial charge on any atom is 0.245 e. The lowest BCUT2D eigenvalue weighted by Crippen LogP contribution is -2.55. The van der Waals surface area contributed by atoms with E-state index in [4.69, 9.17) is 0 Å². The average molecular weight is 365 g/mol. The van der Waals surface area contributed by atoms with Crippen molar-refractivity contribution in [2.45, 2.75) is 17.6 Å². The molecule has 0 atom stereocenters. The van der Waals surface area contributed by atoms with Gasteiger partial charge in [-0.05, 0) is 38.1 Å². The second kappa shape index (κ2) is 6.62. The zero-order valence-electron chi connectivity index (χ0n) is 13.3. The number of rotatable bonds is 4. The summed E-state index contributed by atoms with van der Waals surface area (Å²) < 4.78 is 23.2. The number of amides is 1. The van der Waals surface area contributed by atoms with Gasteiger partial charge in [0.05, 0.1) is 0 Å². The lowest BCUT2D eigenvalue weighted by atomic mass is 9.95. The molecule has 0 radical (unpaired) electrons. The fraction of sp³-hybridized carbons (Fsp3) is 0.375. The number of piperidine rings is 1. The lowest BCUT2D eigenvalue weighted by molar-refractivity contribution is -0.119. The summed E-state index contributed by atoms with van der Waals surface area (Å²) in [4.78, 5) is 17.1. The molecule has 1 fully saturated rings. The largest absolute Gasteiger partial charge is 0.325 e. The molecule has 2 heterocycles. The molecule has 2 aromatic rings. The number of nitrogens with zero attached hydrogens (tertiary/aromatic N) is 1. The van der Waals surface area contributed by atoms with Crippen LogP contribution >= 0.6 is 11.3 Å². The van der Waals surface area contributed by atoms with Crippen molar-refractivity contribution < 1.29 is 13.2 Å². The van der Waals surface area contributed by atoms with E-state index in [9.17, 15) is 13.2 Å². The number of nitrogens with one attached hydrogen (secondary N) is 2. The maximum atomic E-state index is 12.8. The summed E-state index contributed by atoms with van der Waals surface area (Å²) in [6.07, 6.45) is 3.43. The normalized spacial score (nSPS) is 17.4. The highest BCUT2D eigenvalue weighted by Crippen LogP contribution is 2.30. The van der Waals surface area contributed by atoms with Gasteiger partial charge in [-0.15, -0.1) is 11.3 Å². The highest BCUT2D eigenvalue weighted by molar-refractivity contribution is 7.92. The Balaban J connectivity index is 1.87. The van der Waals surface area contributed by atoms with Crippen molar-refractivity contribution in [3.05, 3.63) is 35.8 Å². The van der Waals surface area contributed by atoms with Gasteiger partial charge in [-0.1, -0.05) is 12.1 Å². The van der Waals surface area contributed by atoms with Gasteiger partial charge in [-0.2, -0.15) is 0 Å². The van der Waals surface area contributed by atoms with E-state index in [0.717, 1.165) is 16.8 Å². The fourth-order valence-electron chi connectivity index (χ4n) is 2.94. The number of anilines is 1. The summed E-state index contributed by atoms with van der Waals surface area (Å²) in [6.45, 7) is 1.03. The molecule has 8 heteroatoms. The number of thiazole rings is 1. The number of hydrogen-bond acceptors (Lipinski definition) is 6. The molecular weight excluding hydrogens is 346 g/mol. The molecule has 2 N–H and O–H groups in total. The van der Waals surface area contributed by atoms with Crippen molar-refractivity contribution in [1.29, 1.82) is 0 Å². The van der Waals surface area contributed by atoms with Gasteiger partial charge in [0.25, 0.3) is 0 Å². The molecule has 0 aliphatic carbocycles. The van der Waals surface area contributed by atoms with E-state index in [1.807, 2.05) is 23.6 Å². The molecule has 1 aromatic carbocycles. The Kier molecular flexibility index (Phi) is 4.71. The summed E-state index contributed by atoms with van der Waals surface area (Å²) >= 11 is 1.51. The first kappa shape index (κ1) is 17.1. The van der Waals surface area contributed by atoms with Crippen LogP contribution in [0.4, 0.5) is 5.69 Å². The molecule has 0 saturated carbocycles. The molecule has 3 rings (SSSR count). The first-order valence-corrected chi connectivity index (χ1v) is 10.4. The van der Waals surface area contributed by atoms with Crippen molar-refractivity contribution in [2.75, 3.05) is 24.7 Å². The highest BCUT2D eigenvalue weighted by atomic mass is 32.2. The molecule has 1 amide bonds. The number of carbonyl (C=O) groups excluding carboxylic acids is 1. The predicted molar refractivity (Wildman–Crippen MR) is 95.9 cm³/mol. The number of aromatic nitrogens is 1. The number of sulfone groups is 1. The van der Waals surface area contributed by atoms with Crippen LogP contribution in [-0.2, 0) is 14.6 Å². The third-order valence-electron chi connectivity index (χ3n) is 4.33. The first-order valence-electron chi connectivity index (χ1n) is 7.64. The van der Waals surface area contributed by atoms with Crippen molar-refractivity contribution in [2.24, 2.45) is 0 Å². The molecule has 0 spiro atoms. The van der Waals surface area contributed by atoms with Crippen LogP contribution in [-0.4, -0.2) is 43.4 Å². The molecule has 0 unspecified atom stereocenters. The Labute approximate surface area is 145 Å². The van der Waals surface area contributed by atoms with E-state index in [-0.39, 0.29) is 12.8 Å². The zero-order chi connectivity index (χ0) is 17.2. The van der Waals surface area contributed by atoms with Crippen molar-refractivity contribution in [3.63, 3.8) is 0 Å². The summed E-state index contributed by atoms with van der Waals surface area (Å²) in [5, 5.41) is 8.63. The Morgan fingerprint density at radius 1 is 1.33 bits per heavy atom. The van der Waals surface area contributed by atoms with Gasteiger partial charge >= 0.3 is 0 Å². The molecule has 1 aliphatic rings. The highest BCUT2D eigenvalue weighted by Gasteiger charge is 2.48. The Morgan fingerprint density at radius 2 is 2.08 bits per heavy atom. The lowest BCUT2D eigenvalue weighted by Gasteiger charge is -2.34. The van der Waals surface area contributed by atoms with Gasteiger partial charge < -0.3 is 10.6 Å². The number of carbonyl (C=O) groups is 1. The van der Waals surface area contributed by atoms with Crippen LogP contribution in [0.5, 0.6) is 0 Å². The monoisotopic (exact) mass is 365 g/mol. The van der Waals surface area contributed by atoms with Gasteiger partial charge in [-0.3, -0.25) is 4.79 Å². The zero-order valence-corrected chi connectivity index (χ0v) is 14.9. The van der Waals surface area contributed by atoms with Crippen LogP contribution in [0.15, 0.2) is 35.8 Å². The smallest absolute Gasteiger partial charge is 0.245 e. The van der Waals surface area contributed by atoms with Gasteiger partial charge in [-0.25, -0.2) is 13.4 Å². The van der Waals surface area contributed by atoms with E-state index < -0.39 is 20.5 Å². The molecule has 1 aliphatic heterocycles. The Morgan fingerprint density at radius 3 is 2.71 bits per heavy atom. The van der Waals surface area contributed by atoms with Gasteiger partial charge in [0.15, 0.2) is 14.6 Å². The standard InChI is InChI=1S/C16H19N3O3S2/c1-24(21,22)16(5-7-17-8-6-16)15(20)19-13-4-2-3-12(11-13)14-18-9-10-23-14/h2-4,9-11,17H,5-8H2,1H3,(H,19,20). The Hall–Kier alpha value is -1.77. The summed E-state index contributed by atoms with van der Waals surface area (Å²) in [6, 6.07) is 7.30. The molecular formula is C16H19N3O3S2. The quantitative estimate of drug-likeness (QED) is 0.864. The minimum atomic E-state index is -3.52. The fourth-order valence-corrected chi connectivity index (χ4v) is 4.91. The minimum Gasteiger partial charge on any atom is -0.325 e. The van der Waals surface area contributed by atoms with Crippen LogP contribution in [0.2, 0.25) is 0 Å². The van der Waals surface area contributed by atoms with E-state index in [1.54, 1.807) is 12.3 Å². The van der Waals surface area contributed by atoms with Crippen LogP contribution in [0.1, 0.15) is 12.8 Å². The molecule has 24 heavy (non-hydrogen) atoms. The SMILES string of the molecule is CS(=O)(=O)C1(C(=O)Nc2cccc(-c3nccs3)c2)CCNCC1. The average Bonchev–Trinajstić information content (AvgIpc) is 3.09. The summed E-state index contributed by atoms with van der Waals surface area (Å²) in [7, 11) is -3.52. The van der Waals surface area contributed by atoms with E-state index >= 15 is 0 Å². The van der Waals surface area contributed by atoms with E-state index in [0.29, 0.717) is 18.8 Å². The van der Waals surface area contributed by atoms with Gasteiger partial charge in [0.2, 0.25) is 5.91 Å². The van der Waals surface area contributed by atoms with Gasteiger partial charge in [0, 0.05) is 29.1 Å². The summed E-state index contributed by atoms with van der Waals surface area (Å²) in [5.74, 6) is -0.456. The molecule has 1 aromatic heterocycles. The van der Waals surface area contributed by atoms with Crippen LogP contribution in [0, 0.1) is 0 Å². The van der Waals surface area contributed by atoms with Crippen molar-refractivity contribution in [1.82, 2.24) is 10.3 Å². The van der Waals surface area contributed by atoms with Crippen molar-refractivity contribution >= 4 is 32.8 Å². The first-order chi connectivity index (χ1) is 11.4. The Bertz CT molecular complexity index is 826. The predicted octanol–water partition coefficient (Wildman–Crippen LogP) is 1.92. The maximum absolute atomic E-state index is 12.8. The van der Waals surface area contributed by atoms with E-state index in [2.05, 4.69) is 15.6 Å². The van der Waals surface area contributed by atoms with Crippen molar-refractivity contribution in [3.8, 4) is 10.6 Å². The third kappa shape index (κ3) is 3.22. The van der Waals surface area contributed by atoms with Crippen LogP contribution in [0.3, 0.4) is 0 Å². The molecule has 128 valence electrons. The van der Waals surface area contributed by atoms with E-state index in [1.165, 1.54) is 11.3 Å². The van der Waals surface area contributed by atoms with Crippen LogP contribution < -0.4 is 10.6 Å². The number of benzene rings is 1. The molecule has 1 saturated heterocycles. The van der Waals surface area contributed by atoms with Crippen LogP contribution in [0.25, 0.3) is 10.6 Å². The summed E-state index contributed by atoms with van der Waals surface area (Å²) in [5.41, 5.74) is 1.47. The van der Waals surface area contributed by atoms with Gasteiger partial charge in [0.1, 0.15) is 5.01 Å². The minimum absolute atomic E-state index is 0.282. The topological polar surface area (TPSA) is 88.2 Å². The molecule has 6 nitrogen and oxygen atoms in total. The third-order valence-corrected chi connectivity index (χ3v) is 7.17.